The summed E-state index contributed by atoms with van der Waals surface area (Å²) in [6.07, 6.45) is 1.68. The van der Waals surface area contributed by atoms with Gasteiger partial charge in [-0.25, -0.2) is 14.2 Å². The summed E-state index contributed by atoms with van der Waals surface area (Å²) in [5, 5.41) is 0. The smallest absolute Gasteiger partial charge is 0.338 e. The summed E-state index contributed by atoms with van der Waals surface area (Å²) in [5.74, 6) is -0.000567. The van der Waals surface area contributed by atoms with E-state index in [1.807, 2.05) is 6.92 Å². The SMILES string of the molecule is CCOC(=O)C1=C(C)N=c2sc(=Cc3ccc(F)cc3)c(=O)n2[C@@H]1c1cccc(OC)c1OCC. The predicted octanol–water partition coefficient (Wildman–Crippen LogP) is 3.34. The Bertz CT molecular complexity index is 1470. The maximum atomic E-state index is 13.7. The highest BCUT2D eigenvalue weighted by atomic mass is 32.1. The van der Waals surface area contributed by atoms with Gasteiger partial charge in [-0.1, -0.05) is 35.6 Å². The number of allylic oxidation sites excluding steroid dienone is 1. The van der Waals surface area contributed by atoms with Crippen LogP contribution in [-0.4, -0.2) is 30.9 Å². The van der Waals surface area contributed by atoms with Crippen LogP contribution in [0, 0.1) is 5.82 Å². The fraction of sp³-hybridized carbons (Fsp3) is 0.269. The molecule has 1 atom stereocenters. The van der Waals surface area contributed by atoms with Crippen molar-refractivity contribution in [3.8, 4) is 11.5 Å². The number of nitrogens with zero attached hydrogens (tertiary/aromatic N) is 2. The van der Waals surface area contributed by atoms with Gasteiger partial charge in [-0.15, -0.1) is 0 Å². The summed E-state index contributed by atoms with van der Waals surface area (Å²) in [5.41, 5.74) is 1.63. The molecule has 0 fully saturated rings. The lowest BCUT2D eigenvalue weighted by Crippen LogP contribution is -2.40. The number of fused-ring (bicyclic) bond motifs is 1. The molecule has 1 aliphatic rings. The lowest BCUT2D eigenvalue weighted by molar-refractivity contribution is -0.139. The van der Waals surface area contributed by atoms with Crippen LogP contribution in [0.1, 0.15) is 37.9 Å². The molecule has 0 bridgehead atoms. The largest absolute Gasteiger partial charge is 0.493 e. The molecule has 0 saturated carbocycles. The number of carbonyl (C=O) groups is 1. The molecule has 0 radical (unpaired) electrons. The molecule has 2 heterocycles. The van der Waals surface area contributed by atoms with Gasteiger partial charge in [0.25, 0.3) is 5.56 Å². The molecule has 4 rings (SSSR count). The third-order valence-electron chi connectivity index (χ3n) is 5.50. The standard InChI is InChI=1S/C26H25FN2O5S/c1-5-33-23-18(8-7-9-19(23)32-4)22-21(25(31)34-6-2)15(3)28-26-29(22)24(30)20(35-26)14-16-10-12-17(27)13-11-16/h7-14,22H,5-6H2,1-4H3/t22-/m1/s1. The van der Waals surface area contributed by atoms with Gasteiger partial charge in [-0.05, 0) is 50.6 Å². The van der Waals surface area contributed by atoms with Gasteiger partial charge in [0.05, 0.1) is 36.1 Å². The maximum absolute atomic E-state index is 13.7. The summed E-state index contributed by atoms with van der Waals surface area (Å²) in [7, 11) is 1.53. The zero-order chi connectivity index (χ0) is 25.1. The van der Waals surface area contributed by atoms with E-state index < -0.39 is 12.0 Å². The van der Waals surface area contributed by atoms with Crippen LogP contribution in [0.15, 0.2) is 63.5 Å². The normalized spacial score (nSPS) is 15.5. The highest BCUT2D eigenvalue weighted by Crippen LogP contribution is 2.40. The van der Waals surface area contributed by atoms with Crippen LogP contribution in [0.25, 0.3) is 6.08 Å². The first-order valence-corrected chi connectivity index (χ1v) is 12.0. The second kappa shape index (κ2) is 10.3. The summed E-state index contributed by atoms with van der Waals surface area (Å²) in [6, 6.07) is 10.4. The molecule has 9 heteroatoms. The van der Waals surface area contributed by atoms with Gasteiger partial charge in [-0.2, -0.15) is 0 Å². The monoisotopic (exact) mass is 496 g/mol. The quantitative estimate of drug-likeness (QED) is 0.469. The van der Waals surface area contributed by atoms with Gasteiger partial charge in [0.2, 0.25) is 0 Å². The number of carbonyl (C=O) groups excluding carboxylic acids is 1. The third-order valence-corrected chi connectivity index (χ3v) is 6.48. The van der Waals surface area contributed by atoms with Crippen molar-refractivity contribution >= 4 is 23.4 Å². The number of para-hydroxylation sites is 1. The summed E-state index contributed by atoms with van der Waals surface area (Å²) < 4.78 is 32.0. The number of thiazole rings is 1. The van der Waals surface area contributed by atoms with Crippen LogP contribution in [0.4, 0.5) is 4.39 Å². The van der Waals surface area contributed by atoms with E-state index in [2.05, 4.69) is 4.99 Å². The van der Waals surface area contributed by atoms with E-state index >= 15 is 0 Å². The Balaban J connectivity index is 2.01. The van der Waals surface area contributed by atoms with Crippen molar-refractivity contribution in [3.63, 3.8) is 0 Å². The first kappa shape index (κ1) is 24.4. The van der Waals surface area contributed by atoms with Crippen LogP contribution in [0.5, 0.6) is 11.5 Å². The van der Waals surface area contributed by atoms with Crippen molar-refractivity contribution in [1.82, 2.24) is 4.57 Å². The first-order chi connectivity index (χ1) is 16.9. The van der Waals surface area contributed by atoms with Crippen LogP contribution in [-0.2, 0) is 9.53 Å². The third kappa shape index (κ3) is 4.64. The number of halogens is 1. The van der Waals surface area contributed by atoms with E-state index in [4.69, 9.17) is 14.2 Å². The Labute approximate surface area is 205 Å². The van der Waals surface area contributed by atoms with Gasteiger partial charge in [-0.3, -0.25) is 9.36 Å². The second-order valence-electron chi connectivity index (χ2n) is 7.67. The molecule has 0 spiro atoms. The fourth-order valence-corrected chi connectivity index (χ4v) is 5.05. The van der Waals surface area contributed by atoms with Gasteiger partial charge < -0.3 is 14.2 Å². The molecular formula is C26H25FN2O5S. The van der Waals surface area contributed by atoms with Crippen molar-refractivity contribution in [2.45, 2.75) is 26.8 Å². The number of hydrogen-bond donors (Lipinski definition) is 0. The summed E-state index contributed by atoms with van der Waals surface area (Å²) in [6.45, 7) is 5.82. The zero-order valence-corrected chi connectivity index (χ0v) is 20.6. The van der Waals surface area contributed by atoms with Crippen LogP contribution < -0.4 is 24.4 Å². The minimum atomic E-state index is -0.836. The Morgan fingerprint density at radius 1 is 1.17 bits per heavy atom. The number of benzene rings is 2. The molecular weight excluding hydrogens is 471 g/mol. The first-order valence-electron chi connectivity index (χ1n) is 11.1. The van der Waals surface area contributed by atoms with E-state index in [1.165, 1.54) is 35.1 Å². The topological polar surface area (TPSA) is 79.1 Å². The van der Waals surface area contributed by atoms with Gasteiger partial charge in [0, 0.05) is 5.56 Å². The van der Waals surface area contributed by atoms with E-state index in [1.54, 1.807) is 50.3 Å². The van der Waals surface area contributed by atoms with Gasteiger partial charge in [0.1, 0.15) is 11.9 Å². The second-order valence-corrected chi connectivity index (χ2v) is 8.67. The van der Waals surface area contributed by atoms with E-state index in [-0.39, 0.29) is 23.6 Å². The van der Waals surface area contributed by atoms with Crippen molar-refractivity contribution < 1.29 is 23.4 Å². The molecule has 182 valence electrons. The molecule has 7 nitrogen and oxygen atoms in total. The molecule has 1 aromatic heterocycles. The predicted molar refractivity (Wildman–Crippen MR) is 131 cm³/mol. The lowest BCUT2D eigenvalue weighted by atomic mass is 9.94. The van der Waals surface area contributed by atoms with Crippen molar-refractivity contribution in [1.29, 1.82) is 0 Å². The van der Waals surface area contributed by atoms with E-state index in [9.17, 15) is 14.0 Å². The molecule has 0 aliphatic carbocycles. The Morgan fingerprint density at radius 2 is 1.91 bits per heavy atom. The molecule has 3 aromatic rings. The lowest BCUT2D eigenvalue weighted by Gasteiger charge is -2.26. The Kier molecular flexibility index (Phi) is 7.16. The number of ether oxygens (including phenoxy) is 3. The Morgan fingerprint density at radius 3 is 2.57 bits per heavy atom. The number of methoxy groups -OCH3 is 1. The Hall–Kier alpha value is -3.72. The number of aromatic nitrogens is 1. The number of esters is 1. The molecule has 2 aromatic carbocycles. The van der Waals surface area contributed by atoms with Crippen LogP contribution in [0.2, 0.25) is 0 Å². The van der Waals surface area contributed by atoms with Crippen LogP contribution in [0.3, 0.4) is 0 Å². The molecule has 1 aliphatic heterocycles. The van der Waals surface area contributed by atoms with E-state index in [0.717, 1.165) is 0 Å². The minimum Gasteiger partial charge on any atom is -0.493 e. The summed E-state index contributed by atoms with van der Waals surface area (Å²) >= 11 is 1.20. The van der Waals surface area contributed by atoms with Crippen molar-refractivity contribution in [2.75, 3.05) is 20.3 Å². The highest BCUT2D eigenvalue weighted by Gasteiger charge is 2.35. The van der Waals surface area contributed by atoms with Crippen LogP contribution >= 0.6 is 11.3 Å². The summed E-state index contributed by atoms with van der Waals surface area (Å²) in [4.78, 5) is 31.8. The molecule has 35 heavy (non-hydrogen) atoms. The molecule has 0 saturated heterocycles. The fourth-order valence-electron chi connectivity index (χ4n) is 4.00. The van der Waals surface area contributed by atoms with Crippen molar-refractivity contribution in [3.05, 3.63) is 90.4 Å². The number of rotatable bonds is 7. The zero-order valence-electron chi connectivity index (χ0n) is 19.8. The minimum absolute atomic E-state index is 0.174. The molecule has 0 N–H and O–H groups in total. The van der Waals surface area contributed by atoms with Gasteiger partial charge >= 0.3 is 5.97 Å². The van der Waals surface area contributed by atoms with Crippen molar-refractivity contribution in [2.24, 2.45) is 4.99 Å². The molecule has 0 unspecified atom stereocenters. The molecule has 0 amide bonds. The number of hydrogen-bond acceptors (Lipinski definition) is 7. The highest BCUT2D eigenvalue weighted by molar-refractivity contribution is 7.07. The van der Waals surface area contributed by atoms with E-state index in [0.29, 0.717) is 44.3 Å². The van der Waals surface area contributed by atoms with Gasteiger partial charge in [0.15, 0.2) is 16.3 Å². The average Bonchev–Trinajstić information content (AvgIpc) is 3.14. The average molecular weight is 497 g/mol. The maximum Gasteiger partial charge on any atom is 0.338 e.